The van der Waals surface area contributed by atoms with Gasteiger partial charge in [0.05, 0.1) is 12.5 Å². The van der Waals surface area contributed by atoms with Crippen molar-refractivity contribution in [2.75, 3.05) is 19.6 Å². The van der Waals surface area contributed by atoms with Gasteiger partial charge >= 0.3 is 5.97 Å². The lowest BCUT2D eigenvalue weighted by Crippen LogP contribution is -2.54. The SMILES string of the molecule is CC(C)OC(=O)CCNC(=O)C1(n2cccn2)CCNCC1. The Bertz CT molecular complexity index is 493. The summed E-state index contributed by atoms with van der Waals surface area (Å²) in [5, 5.41) is 10.4. The minimum atomic E-state index is -0.670. The Kier molecular flexibility index (Phi) is 5.54. The number of piperidine rings is 1. The van der Waals surface area contributed by atoms with Crippen molar-refractivity contribution in [3.05, 3.63) is 18.5 Å². The minimum absolute atomic E-state index is 0.0879. The molecule has 7 heteroatoms. The first kappa shape index (κ1) is 16.5. The highest BCUT2D eigenvalue weighted by Crippen LogP contribution is 2.27. The molecule has 1 fully saturated rings. The van der Waals surface area contributed by atoms with Crippen molar-refractivity contribution < 1.29 is 14.3 Å². The van der Waals surface area contributed by atoms with Crippen LogP contribution in [0.5, 0.6) is 0 Å². The molecule has 0 bridgehead atoms. The molecular formula is C15H24N4O3. The van der Waals surface area contributed by atoms with Crippen LogP contribution in [0.4, 0.5) is 0 Å². The maximum atomic E-state index is 12.7. The normalized spacial score (nSPS) is 17.2. The van der Waals surface area contributed by atoms with Gasteiger partial charge in [0, 0.05) is 18.9 Å². The number of carbonyl (C=O) groups is 2. The molecule has 2 N–H and O–H groups in total. The van der Waals surface area contributed by atoms with E-state index in [9.17, 15) is 9.59 Å². The van der Waals surface area contributed by atoms with E-state index in [0.29, 0.717) is 12.8 Å². The van der Waals surface area contributed by atoms with E-state index >= 15 is 0 Å². The molecule has 1 saturated heterocycles. The van der Waals surface area contributed by atoms with Crippen molar-refractivity contribution >= 4 is 11.9 Å². The highest BCUT2D eigenvalue weighted by Gasteiger charge is 2.41. The standard InChI is InChI=1S/C15H24N4O3/c1-12(2)22-13(20)4-8-17-14(21)15(5-9-16-10-6-15)19-11-3-7-18-19/h3,7,11-12,16H,4-6,8-10H2,1-2H3,(H,17,21). The predicted molar refractivity (Wildman–Crippen MR) is 81.2 cm³/mol. The van der Waals surface area contributed by atoms with E-state index < -0.39 is 5.54 Å². The molecule has 2 heterocycles. The van der Waals surface area contributed by atoms with E-state index in [4.69, 9.17) is 4.74 Å². The van der Waals surface area contributed by atoms with E-state index in [1.165, 1.54) is 0 Å². The smallest absolute Gasteiger partial charge is 0.307 e. The van der Waals surface area contributed by atoms with Crippen molar-refractivity contribution in [1.82, 2.24) is 20.4 Å². The molecule has 22 heavy (non-hydrogen) atoms. The third kappa shape index (κ3) is 3.85. The van der Waals surface area contributed by atoms with Gasteiger partial charge < -0.3 is 15.4 Å². The molecular weight excluding hydrogens is 284 g/mol. The van der Waals surface area contributed by atoms with Crippen LogP contribution in [0.1, 0.15) is 33.1 Å². The summed E-state index contributed by atoms with van der Waals surface area (Å²) in [6.45, 7) is 5.42. The number of nitrogens with one attached hydrogen (secondary N) is 2. The Labute approximate surface area is 130 Å². The van der Waals surface area contributed by atoms with Crippen molar-refractivity contribution in [2.24, 2.45) is 0 Å². The number of aromatic nitrogens is 2. The molecule has 1 aromatic heterocycles. The van der Waals surface area contributed by atoms with Crippen LogP contribution in [0.25, 0.3) is 0 Å². The van der Waals surface area contributed by atoms with Crippen molar-refractivity contribution in [1.29, 1.82) is 0 Å². The van der Waals surface area contributed by atoms with Gasteiger partial charge in [0.2, 0.25) is 5.91 Å². The minimum Gasteiger partial charge on any atom is -0.463 e. The number of carbonyl (C=O) groups excluding carboxylic acids is 2. The zero-order chi connectivity index (χ0) is 16.0. The average molecular weight is 308 g/mol. The summed E-state index contributed by atoms with van der Waals surface area (Å²) >= 11 is 0. The zero-order valence-electron chi connectivity index (χ0n) is 13.2. The van der Waals surface area contributed by atoms with Gasteiger partial charge in [-0.15, -0.1) is 0 Å². The maximum absolute atomic E-state index is 12.7. The Morgan fingerprint density at radius 2 is 2.14 bits per heavy atom. The van der Waals surface area contributed by atoms with Gasteiger partial charge in [-0.3, -0.25) is 14.3 Å². The Morgan fingerprint density at radius 3 is 2.73 bits per heavy atom. The van der Waals surface area contributed by atoms with Crippen LogP contribution in [0.3, 0.4) is 0 Å². The molecule has 1 amide bonds. The van der Waals surface area contributed by atoms with Crippen LogP contribution in [0.15, 0.2) is 18.5 Å². The van der Waals surface area contributed by atoms with Crippen LogP contribution in [-0.2, 0) is 19.9 Å². The molecule has 7 nitrogen and oxygen atoms in total. The number of rotatable bonds is 6. The topological polar surface area (TPSA) is 85.2 Å². The van der Waals surface area contributed by atoms with Crippen LogP contribution >= 0.6 is 0 Å². The second kappa shape index (κ2) is 7.40. The molecule has 0 aliphatic carbocycles. The summed E-state index contributed by atoms with van der Waals surface area (Å²) < 4.78 is 6.79. The van der Waals surface area contributed by atoms with Crippen molar-refractivity contribution in [2.45, 2.75) is 44.8 Å². The molecule has 0 atom stereocenters. The summed E-state index contributed by atoms with van der Waals surface area (Å²) in [4.78, 5) is 24.2. The Morgan fingerprint density at radius 1 is 1.41 bits per heavy atom. The monoisotopic (exact) mass is 308 g/mol. The van der Waals surface area contributed by atoms with Gasteiger partial charge in [0.15, 0.2) is 0 Å². The second-order valence-electron chi connectivity index (χ2n) is 5.78. The highest BCUT2D eigenvalue weighted by molar-refractivity contribution is 5.85. The predicted octanol–water partition coefficient (Wildman–Crippen LogP) is 0.420. The quantitative estimate of drug-likeness (QED) is 0.744. The van der Waals surface area contributed by atoms with E-state index in [2.05, 4.69) is 15.7 Å². The van der Waals surface area contributed by atoms with E-state index in [0.717, 1.165) is 13.1 Å². The van der Waals surface area contributed by atoms with Crippen LogP contribution in [0, 0.1) is 0 Å². The van der Waals surface area contributed by atoms with E-state index in [1.54, 1.807) is 24.7 Å². The lowest BCUT2D eigenvalue weighted by atomic mass is 9.87. The van der Waals surface area contributed by atoms with Crippen molar-refractivity contribution in [3.63, 3.8) is 0 Å². The zero-order valence-corrected chi connectivity index (χ0v) is 13.2. The van der Waals surface area contributed by atoms with Crippen LogP contribution < -0.4 is 10.6 Å². The lowest BCUT2D eigenvalue weighted by molar-refractivity contribution is -0.147. The molecule has 1 aliphatic rings. The number of hydrogen-bond acceptors (Lipinski definition) is 5. The number of nitrogens with zero attached hydrogens (tertiary/aromatic N) is 2. The highest BCUT2D eigenvalue weighted by atomic mass is 16.5. The molecule has 1 aliphatic heterocycles. The lowest BCUT2D eigenvalue weighted by Gasteiger charge is -2.36. The summed E-state index contributed by atoms with van der Waals surface area (Å²) in [5.41, 5.74) is -0.670. The Balaban J connectivity index is 1.94. The number of hydrogen-bond donors (Lipinski definition) is 2. The van der Waals surface area contributed by atoms with Gasteiger partial charge in [0.1, 0.15) is 5.54 Å². The Hall–Kier alpha value is -1.89. The molecule has 122 valence electrons. The van der Waals surface area contributed by atoms with E-state index in [1.807, 2.05) is 12.3 Å². The maximum Gasteiger partial charge on any atom is 0.307 e. The number of amides is 1. The molecule has 1 aromatic rings. The molecule has 0 radical (unpaired) electrons. The molecule has 0 saturated carbocycles. The molecule has 2 rings (SSSR count). The first-order valence-corrected chi connectivity index (χ1v) is 7.73. The number of esters is 1. The van der Waals surface area contributed by atoms with Crippen LogP contribution in [0.2, 0.25) is 0 Å². The number of ether oxygens (including phenoxy) is 1. The van der Waals surface area contributed by atoms with Gasteiger partial charge in [-0.1, -0.05) is 0 Å². The first-order valence-electron chi connectivity index (χ1n) is 7.73. The summed E-state index contributed by atoms with van der Waals surface area (Å²) in [6, 6.07) is 1.82. The van der Waals surface area contributed by atoms with Crippen molar-refractivity contribution in [3.8, 4) is 0 Å². The van der Waals surface area contributed by atoms with Gasteiger partial charge in [0.25, 0.3) is 0 Å². The third-order valence-electron chi connectivity index (χ3n) is 3.78. The first-order chi connectivity index (χ1) is 10.5. The second-order valence-corrected chi connectivity index (χ2v) is 5.78. The molecule has 0 spiro atoms. The van der Waals surface area contributed by atoms with Gasteiger partial charge in [-0.05, 0) is 45.8 Å². The fourth-order valence-corrected chi connectivity index (χ4v) is 2.69. The summed E-state index contributed by atoms with van der Waals surface area (Å²) in [5.74, 6) is -0.385. The van der Waals surface area contributed by atoms with E-state index in [-0.39, 0.29) is 30.9 Å². The fraction of sp³-hybridized carbons (Fsp3) is 0.667. The average Bonchev–Trinajstić information content (AvgIpc) is 3.01. The van der Waals surface area contributed by atoms with Gasteiger partial charge in [-0.2, -0.15) is 5.10 Å². The van der Waals surface area contributed by atoms with Gasteiger partial charge in [-0.25, -0.2) is 0 Å². The third-order valence-corrected chi connectivity index (χ3v) is 3.78. The largest absolute Gasteiger partial charge is 0.463 e. The molecule has 0 unspecified atom stereocenters. The fourth-order valence-electron chi connectivity index (χ4n) is 2.69. The van der Waals surface area contributed by atoms with Crippen LogP contribution in [-0.4, -0.2) is 47.4 Å². The summed E-state index contributed by atoms with van der Waals surface area (Å²) in [6.07, 6.45) is 4.89. The molecule has 0 aromatic carbocycles. The summed E-state index contributed by atoms with van der Waals surface area (Å²) in [7, 11) is 0.